The van der Waals surface area contributed by atoms with Crippen molar-refractivity contribution in [2.45, 2.75) is 20.3 Å². The van der Waals surface area contributed by atoms with E-state index in [4.69, 9.17) is 18.0 Å². The van der Waals surface area contributed by atoms with Crippen LogP contribution in [0.5, 0.6) is 0 Å². The number of thiocarbonyl (C=S) groups is 1. The van der Waals surface area contributed by atoms with E-state index in [1.54, 1.807) is 12.3 Å². The van der Waals surface area contributed by atoms with Gasteiger partial charge in [-0.2, -0.15) is 0 Å². The van der Waals surface area contributed by atoms with E-state index in [1.807, 2.05) is 19.9 Å². The van der Waals surface area contributed by atoms with Crippen LogP contribution in [0.1, 0.15) is 18.9 Å². The summed E-state index contributed by atoms with van der Waals surface area (Å²) >= 11 is 4.83. The quantitative estimate of drug-likeness (QED) is 0.781. The molecular weight excluding hydrogens is 222 g/mol. The van der Waals surface area contributed by atoms with E-state index in [-0.39, 0.29) is 10.9 Å². The zero-order valence-electron chi connectivity index (χ0n) is 9.36. The van der Waals surface area contributed by atoms with Gasteiger partial charge in [-0.25, -0.2) is 4.98 Å². The molecule has 1 atom stereocenters. The standard InChI is InChI=1S/C11H15N3OS/c1-3-8(10(12)16)11(15)14-9-6-7(2)4-5-13-9/h4-6,8H,3H2,1-2H3,(H2,12,16)(H,13,14,15). The predicted molar refractivity (Wildman–Crippen MR) is 68.2 cm³/mol. The Morgan fingerprint density at radius 1 is 1.69 bits per heavy atom. The molecule has 0 fully saturated rings. The molecule has 86 valence electrons. The number of hydrogen-bond donors (Lipinski definition) is 2. The lowest BCUT2D eigenvalue weighted by molar-refractivity contribution is -0.118. The van der Waals surface area contributed by atoms with Crippen LogP contribution in [-0.2, 0) is 4.79 Å². The molecule has 1 heterocycles. The lowest BCUT2D eigenvalue weighted by Gasteiger charge is -2.12. The zero-order valence-corrected chi connectivity index (χ0v) is 10.2. The first-order valence-corrected chi connectivity index (χ1v) is 5.48. The van der Waals surface area contributed by atoms with Crippen LogP contribution >= 0.6 is 12.2 Å². The number of pyridine rings is 1. The number of rotatable bonds is 4. The van der Waals surface area contributed by atoms with Crippen LogP contribution in [0, 0.1) is 12.8 Å². The first-order valence-electron chi connectivity index (χ1n) is 5.07. The summed E-state index contributed by atoms with van der Waals surface area (Å²) in [5, 5.41) is 2.70. The summed E-state index contributed by atoms with van der Waals surface area (Å²) < 4.78 is 0. The average molecular weight is 237 g/mol. The maximum absolute atomic E-state index is 11.8. The Kier molecular flexibility index (Phi) is 4.37. The van der Waals surface area contributed by atoms with Gasteiger partial charge >= 0.3 is 0 Å². The molecule has 0 saturated heterocycles. The number of carbonyl (C=O) groups excluding carboxylic acids is 1. The van der Waals surface area contributed by atoms with Crippen molar-refractivity contribution in [3.8, 4) is 0 Å². The fourth-order valence-corrected chi connectivity index (χ4v) is 1.61. The Morgan fingerprint density at radius 2 is 2.38 bits per heavy atom. The molecule has 1 rings (SSSR count). The Hall–Kier alpha value is -1.49. The molecule has 0 bridgehead atoms. The van der Waals surface area contributed by atoms with Gasteiger partial charge in [-0.1, -0.05) is 19.1 Å². The summed E-state index contributed by atoms with van der Waals surface area (Å²) in [6, 6.07) is 3.66. The topological polar surface area (TPSA) is 68.0 Å². The summed E-state index contributed by atoms with van der Waals surface area (Å²) in [5.41, 5.74) is 6.52. The molecule has 0 radical (unpaired) electrons. The molecule has 0 aliphatic carbocycles. The lowest BCUT2D eigenvalue weighted by atomic mass is 10.1. The van der Waals surface area contributed by atoms with Crippen molar-refractivity contribution in [3.63, 3.8) is 0 Å². The van der Waals surface area contributed by atoms with Crippen molar-refractivity contribution >= 4 is 28.9 Å². The predicted octanol–water partition coefficient (Wildman–Crippen LogP) is 1.64. The Morgan fingerprint density at radius 3 is 2.88 bits per heavy atom. The molecule has 1 aromatic rings. The molecule has 1 aromatic heterocycles. The van der Waals surface area contributed by atoms with Gasteiger partial charge in [0.2, 0.25) is 5.91 Å². The van der Waals surface area contributed by atoms with Gasteiger partial charge in [0, 0.05) is 6.20 Å². The van der Waals surface area contributed by atoms with Crippen LogP contribution in [0.15, 0.2) is 18.3 Å². The number of anilines is 1. The SMILES string of the molecule is CCC(C(=O)Nc1cc(C)ccn1)C(N)=S. The molecule has 0 spiro atoms. The van der Waals surface area contributed by atoms with E-state index in [0.29, 0.717) is 12.2 Å². The molecule has 5 heteroatoms. The monoisotopic (exact) mass is 237 g/mol. The van der Waals surface area contributed by atoms with Gasteiger partial charge < -0.3 is 11.1 Å². The minimum absolute atomic E-state index is 0.201. The summed E-state index contributed by atoms with van der Waals surface area (Å²) in [6.07, 6.45) is 2.24. The average Bonchev–Trinajstić information content (AvgIpc) is 2.17. The smallest absolute Gasteiger partial charge is 0.235 e. The fraction of sp³-hybridized carbons (Fsp3) is 0.364. The van der Waals surface area contributed by atoms with E-state index in [2.05, 4.69) is 10.3 Å². The number of carbonyl (C=O) groups is 1. The number of aromatic nitrogens is 1. The summed E-state index contributed by atoms with van der Waals surface area (Å²) in [5.74, 6) is -0.106. The Labute approximate surface area is 100 Å². The molecule has 0 aliphatic heterocycles. The molecule has 16 heavy (non-hydrogen) atoms. The van der Waals surface area contributed by atoms with Crippen LogP contribution in [0.2, 0.25) is 0 Å². The van der Waals surface area contributed by atoms with Crippen LogP contribution in [-0.4, -0.2) is 15.9 Å². The Bertz CT molecular complexity index is 406. The van der Waals surface area contributed by atoms with E-state index < -0.39 is 5.92 Å². The first kappa shape index (κ1) is 12.6. The van der Waals surface area contributed by atoms with Gasteiger partial charge in [-0.15, -0.1) is 0 Å². The van der Waals surface area contributed by atoms with Crippen molar-refractivity contribution in [1.29, 1.82) is 0 Å². The molecule has 4 nitrogen and oxygen atoms in total. The number of nitrogens with one attached hydrogen (secondary N) is 1. The molecule has 0 aliphatic rings. The van der Waals surface area contributed by atoms with E-state index >= 15 is 0 Å². The minimum Gasteiger partial charge on any atom is -0.393 e. The highest BCUT2D eigenvalue weighted by Crippen LogP contribution is 2.10. The van der Waals surface area contributed by atoms with Crippen molar-refractivity contribution in [3.05, 3.63) is 23.9 Å². The lowest BCUT2D eigenvalue weighted by Crippen LogP contribution is -2.32. The van der Waals surface area contributed by atoms with Gasteiger partial charge in [0.15, 0.2) is 0 Å². The maximum atomic E-state index is 11.8. The normalized spacial score (nSPS) is 11.9. The van der Waals surface area contributed by atoms with Crippen molar-refractivity contribution in [1.82, 2.24) is 4.98 Å². The fourth-order valence-electron chi connectivity index (χ4n) is 1.33. The largest absolute Gasteiger partial charge is 0.393 e. The second-order valence-electron chi connectivity index (χ2n) is 3.57. The van der Waals surface area contributed by atoms with Crippen molar-refractivity contribution in [2.24, 2.45) is 11.7 Å². The number of aryl methyl sites for hydroxylation is 1. The van der Waals surface area contributed by atoms with Crippen LogP contribution in [0.4, 0.5) is 5.82 Å². The number of nitrogens with zero attached hydrogens (tertiary/aromatic N) is 1. The van der Waals surface area contributed by atoms with Gasteiger partial charge in [0.05, 0.1) is 10.9 Å². The third kappa shape index (κ3) is 3.27. The molecule has 0 saturated carbocycles. The number of nitrogens with two attached hydrogens (primary N) is 1. The maximum Gasteiger partial charge on any atom is 0.235 e. The summed E-state index contributed by atoms with van der Waals surface area (Å²) in [7, 11) is 0. The number of hydrogen-bond acceptors (Lipinski definition) is 3. The highest BCUT2D eigenvalue weighted by molar-refractivity contribution is 7.80. The van der Waals surface area contributed by atoms with E-state index in [1.165, 1.54) is 0 Å². The van der Waals surface area contributed by atoms with Gasteiger partial charge in [0.1, 0.15) is 5.82 Å². The summed E-state index contributed by atoms with van der Waals surface area (Å²) in [4.78, 5) is 16.0. The molecule has 0 aromatic carbocycles. The van der Waals surface area contributed by atoms with Gasteiger partial charge in [-0.05, 0) is 31.0 Å². The van der Waals surface area contributed by atoms with E-state index in [9.17, 15) is 4.79 Å². The van der Waals surface area contributed by atoms with Gasteiger partial charge in [0.25, 0.3) is 0 Å². The number of amides is 1. The van der Waals surface area contributed by atoms with Gasteiger partial charge in [-0.3, -0.25) is 4.79 Å². The van der Waals surface area contributed by atoms with Crippen LogP contribution in [0.25, 0.3) is 0 Å². The zero-order chi connectivity index (χ0) is 12.1. The molecule has 3 N–H and O–H groups in total. The molecule has 1 amide bonds. The van der Waals surface area contributed by atoms with E-state index in [0.717, 1.165) is 5.56 Å². The third-order valence-electron chi connectivity index (χ3n) is 2.23. The van der Waals surface area contributed by atoms with Crippen LogP contribution in [0.3, 0.4) is 0 Å². The molecule has 1 unspecified atom stereocenters. The van der Waals surface area contributed by atoms with Crippen LogP contribution < -0.4 is 11.1 Å². The Balaban J connectivity index is 2.74. The minimum atomic E-state index is -0.433. The van der Waals surface area contributed by atoms with Crippen molar-refractivity contribution in [2.75, 3.05) is 5.32 Å². The second-order valence-corrected chi connectivity index (χ2v) is 4.04. The van der Waals surface area contributed by atoms with Crippen molar-refractivity contribution < 1.29 is 4.79 Å². The highest BCUT2D eigenvalue weighted by Gasteiger charge is 2.19. The molecular formula is C11H15N3OS. The highest BCUT2D eigenvalue weighted by atomic mass is 32.1. The summed E-state index contributed by atoms with van der Waals surface area (Å²) in [6.45, 7) is 3.80. The third-order valence-corrected chi connectivity index (χ3v) is 2.52. The first-order chi connectivity index (χ1) is 7.54. The second kappa shape index (κ2) is 5.55.